The van der Waals surface area contributed by atoms with Gasteiger partial charge in [0, 0.05) is 19.1 Å². The van der Waals surface area contributed by atoms with E-state index in [1.165, 1.54) is 11.1 Å². The van der Waals surface area contributed by atoms with Crippen molar-refractivity contribution in [2.24, 2.45) is 17.8 Å². The molecule has 3 atom stereocenters. The Morgan fingerprint density at radius 1 is 1.19 bits per heavy atom. The maximum absolute atomic E-state index is 9.68. The van der Waals surface area contributed by atoms with Crippen LogP contribution in [0.25, 0.3) is 0 Å². The van der Waals surface area contributed by atoms with Crippen LogP contribution >= 0.6 is 0 Å². The van der Waals surface area contributed by atoms with E-state index in [2.05, 4.69) is 36.9 Å². The van der Waals surface area contributed by atoms with Gasteiger partial charge in [0.2, 0.25) is 0 Å². The first-order chi connectivity index (χ1) is 12.6. The van der Waals surface area contributed by atoms with E-state index in [0.29, 0.717) is 17.9 Å². The fourth-order valence-electron chi connectivity index (χ4n) is 4.44. The van der Waals surface area contributed by atoms with Crippen molar-refractivity contribution in [2.75, 3.05) is 27.3 Å². The molecule has 2 aliphatic rings. The second-order valence-electron chi connectivity index (χ2n) is 7.53. The number of nitriles is 1. The predicted molar refractivity (Wildman–Crippen MR) is 106 cm³/mol. The van der Waals surface area contributed by atoms with Gasteiger partial charge in [0.05, 0.1) is 26.2 Å². The van der Waals surface area contributed by atoms with Gasteiger partial charge >= 0.3 is 0 Å². The first-order valence-electron chi connectivity index (χ1n) is 9.95. The lowest BCUT2D eigenvalue weighted by Crippen LogP contribution is -2.46. The van der Waals surface area contributed by atoms with Crippen LogP contribution in [0.2, 0.25) is 0 Å². The first-order valence-corrected chi connectivity index (χ1v) is 9.95. The minimum absolute atomic E-state index is 0.146. The van der Waals surface area contributed by atoms with Crippen LogP contribution in [0.1, 0.15) is 57.7 Å². The molecule has 144 valence electrons. The van der Waals surface area contributed by atoms with Gasteiger partial charge in [0.1, 0.15) is 0 Å². The van der Waals surface area contributed by atoms with E-state index in [0.717, 1.165) is 43.9 Å². The van der Waals surface area contributed by atoms with Crippen LogP contribution in [0.3, 0.4) is 0 Å². The SMILES string of the molecule is CC.COc1cc2c(cc1OC)C1CC(C#N)C(CC(C)C)CN1CC2. The molecule has 0 amide bonds. The smallest absolute Gasteiger partial charge is 0.161 e. The van der Waals surface area contributed by atoms with E-state index in [1.807, 2.05) is 13.8 Å². The van der Waals surface area contributed by atoms with Crippen molar-refractivity contribution in [1.82, 2.24) is 4.90 Å². The Bertz CT molecular complexity index is 636. The van der Waals surface area contributed by atoms with Gasteiger partial charge in [-0.1, -0.05) is 27.7 Å². The number of fused-ring (bicyclic) bond motifs is 3. The Morgan fingerprint density at radius 2 is 1.85 bits per heavy atom. The fourth-order valence-corrected chi connectivity index (χ4v) is 4.44. The molecule has 4 nitrogen and oxygen atoms in total. The zero-order chi connectivity index (χ0) is 19.3. The Hall–Kier alpha value is -1.73. The normalized spacial score (nSPS) is 24.6. The van der Waals surface area contributed by atoms with Crippen LogP contribution in [0.15, 0.2) is 12.1 Å². The molecule has 0 radical (unpaired) electrons. The number of benzene rings is 1. The van der Waals surface area contributed by atoms with Gasteiger partial charge in [0.25, 0.3) is 0 Å². The Balaban J connectivity index is 0.00000117. The standard InChI is InChI=1S/C20H28N2O2.C2H6/c1-13(2)7-16-12-22-6-5-14-9-19(23-3)20(24-4)10-17(14)18(22)8-15(16)11-21;1-2/h9-10,13,15-16,18H,5-8,12H2,1-4H3;1-2H3. The molecule has 0 aromatic heterocycles. The number of piperidine rings is 1. The molecule has 3 unspecified atom stereocenters. The number of hydrogen-bond acceptors (Lipinski definition) is 4. The van der Waals surface area contributed by atoms with E-state index in [9.17, 15) is 5.26 Å². The zero-order valence-corrected chi connectivity index (χ0v) is 17.2. The van der Waals surface area contributed by atoms with Crippen molar-refractivity contribution in [3.05, 3.63) is 23.3 Å². The molecular weight excluding hydrogens is 324 g/mol. The maximum atomic E-state index is 9.68. The van der Waals surface area contributed by atoms with Crippen molar-refractivity contribution < 1.29 is 9.47 Å². The van der Waals surface area contributed by atoms with E-state index in [4.69, 9.17) is 9.47 Å². The van der Waals surface area contributed by atoms with E-state index in [-0.39, 0.29) is 5.92 Å². The second-order valence-corrected chi connectivity index (χ2v) is 7.53. The minimum Gasteiger partial charge on any atom is -0.493 e. The van der Waals surface area contributed by atoms with Gasteiger partial charge < -0.3 is 9.47 Å². The summed E-state index contributed by atoms with van der Waals surface area (Å²) in [7, 11) is 3.37. The summed E-state index contributed by atoms with van der Waals surface area (Å²) in [6.07, 6.45) is 3.11. The van der Waals surface area contributed by atoms with E-state index >= 15 is 0 Å². The second kappa shape index (κ2) is 9.28. The lowest BCUT2D eigenvalue weighted by Gasteiger charge is -2.46. The number of rotatable bonds is 4. The van der Waals surface area contributed by atoms with Crippen LogP contribution in [0.4, 0.5) is 0 Å². The maximum Gasteiger partial charge on any atom is 0.161 e. The summed E-state index contributed by atoms with van der Waals surface area (Å²) in [4.78, 5) is 2.58. The zero-order valence-electron chi connectivity index (χ0n) is 17.2. The van der Waals surface area contributed by atoms with E-state index in [1.54, 1.807) is 14.2 Å². The summed E-state index contributed by atoms with van der Waals surface area (Å²) >= 11 is 0. The first kappa shape index (κ1) is 20.6. The molecule has 0 aliphatic carbocycles. The van der Waals surface area contributed by atoms with Crippen molar-refractivity contribution in [2.45, 2.75) is 53.0 Å². The minimum atomic E-state index is 0.146. The summed E-state index contributed by atoms with van der Waals surface area (Å²) in [6, 6.07) is 7.17. The summed E-state index contributed by atoms with van der Waals surface area (Å²) in [6.45, 7) is 10.6. The predicted octanol–water partition coefficient (Wildman–Crippen LogP) is 4.83. The van der Waals surface area contributed by atoms with Crippen LogP contribution in [-0.2, 0) is 6.42 Å². The molecule has 1 aromatic carbocycles. The van der Waals surface area contributed by atoms with Crippen molar-refractivity contribution in [3.63, 3.8) is 0 Å². The quantitative estimate of drug-likeness (QED) is 0.773. The molecule has 2 aliphatic heterocycles. The van der Waals surface area contributed by atoms with Crippen molar-refractivity contribution >= 4 is 0 Å². The molecule has 1 aromatic rings. The molecule has 1 saturated heterocycles. The largest absolute Gasteiger partial charge is 0.493 e. The van der Waals surface area contributed by atoms with Gasteiger partial charge in [-0.15, -0.1) is 0 Å². The van der Waals surface area contributed by atoms with Crippen LogP contribution in [0.5, 0.6) is 11.5 Å². The molecule has 26 heavy (non-hydrogen) atoms. The number of hydrogen-bond donors (Lipinski definition) is 0. The summed E-state index contributed by atoms with van der Waals surface area (Å²) in [5.41, 5.74) is 2.66. The van der Waals surface area contributed by atoms with Crippen LogP contribution in [0, 0.1) is 29.1 Å². The lowest BCUT2D eigenvalue weighted by atomic mass is 9.75. The monoisotopic (exact) mass is 358 g/mol. The average Bonchev–Trinajstić information content (AvgIpc) is 2.67. The van der Waals surface area contributed by atoms with Crippen LogP contribution < -0.4 is 9.47 Å². The number of methoxy groups -OCH3 is 2. The third-order valence-corrected chi connectivity index (χ3v) is 5.57. The van der Waals surface area contributed by atoms with Crippen molar-refractivity contribution in [1.29, 1.82) is 5.26 Å². The molecule has 0 N–H and O–H groups in total. The van der Waals surface area contributed by atoms with Gasteiger partial charge in [-0.2, -0.15) is 5.26 Å². The molecule has 0 saturated carbocycles. The fraction of sp³-hybridized carbons (Fsp3) is 0.682. The topological polar surface area (TPSA) is 45.5 Å². The highest BCUT2D eigenvalue weighted by atomic mass is 16.5. The molecular formula is C22H34N2O2. The average molecular weight is 359 g/mol. The highest BCUT2D eigenvalue weighted by molar-refractivity contribution is 5.49. The van der Waals surface area contributed by atoms with Gasteiger partial charge in [-0.05, 0) is 54.4 Å². The number of ether oxygens (including phenoxy) is 2. The third kappa shape index (κ3) is 4.15. The Kier molecular flexibility index (Phi) is 7.34. The molecule has 4 heteroatoms. The van der Waals surface area contributed by atoms with Crippen LogP contribution in [-0.4, -0.2) is 32.2 Å². The van der Waals surface area contributed by atoms with Crippen molar-refractivity contribution in [3.8, 4) is 17.6 Å². The lowest BCUT2D eigenvalue weighted by molar-refractivity contribution is 0.0642. The van der Waals surface area contributed by atoms with Gasteiger partial charge in [-0.25, -0.2) is 0 Å². The Morgan fingerprint density at radius 3 is 2.42 bits per heavy atom. The summed E-state index contributed by atoms with van der Waals surface area (Å²) in [5.74, 6) is 2.87. The Labute approximate surface area is 159 Å². The van der Waals surface area contributed by atoms with E-state index < -0.39 is 0 Å². The third-order valence-electron chi connectivity index (χ3n) is 5.57. The highest BCUT2D eigenvalue weighted by Gasteiger charge is 2.39. The molecule has 1 fully saturated rings. The molecule has 0 bridgehead atoms. The van der Waals surface area contributed by atoms with Gasteiger partial charge in [-0.3, -0.25) is 4.90 Å². The summed E-state index contributed by atoms with van der Waals surface area (Å²) < 4.78 is 11.0. The molecule has 2 heterocycles. The highest BCUT2D eigenvalue weighted by Crippen LogP contribution is 2.45. The number of nitrogens with zero attached hydrogens (tertiary/aromatic N) is 2. The molecule has 3 rings (SSSR count). The molecule has 0 spiro atoms. The summed E-state index contributed by atoms with van der Waals surface area (Å²) in [5, 5.41) is 9.68. The van der Waals surface area contributed by atoms with Gasteiger partial charge in [0.15, 0.2) is 11.5 Å².